The highest BCUT2D eigenvalue weighted by Crippen LogP contribution is 2.62. The molecule has 5 fully saturated rings. The largest absolute Gasteiger partial charge is 0.375 e. The predicted molar refractivity (Wildman–Crippen MR) is 142 cm³/mol. The molecule has 2 saturated heterocycles. The molecule has 6 aliphatic rings. The van der Waals surface area contributed by atoms with E-state index in [2.05, 4.69) is 20.9 Å². The van der Waals surface area contributed by atoms with Crippen molar-refractivity contribution in [2.75, 3.05) is 31.1 Å². The van der Waals surface area contributed by atoms with Gasteiger partial charge in [0.2, 0.25) is 0 Å². The van der Waals surface area contributed by atoms with Crippen molar-refractivity contribution in [2.24, 2.45) is 11.3 Å². The summed E-state index contributed by atoms with van der Waals surface area (Å²) >= 11 is 6.47. The number of nitrogens with zero attached hydrogens (tertiary/aromatic N) is 4. The van der Waals surface area contributed by atoms with Gasteiger partial charge in [-0.2, -0.15) is 17.0 Å². The van der Waals surface area contributed by atoms with Gasteiger partial charge in [-0.1, -0.05) is 11.6 Å². The Balaban J connectivity index is 1.25. The van der Waals surface area contributed by atoms with Gasteiger partial charge in [-0.3, -0.25) is 0 Å². The van der Waals surface area contributed by atoms with Crippen molar-refractivity contribution in [3.8, 4) is 0 Å². The molecule has 8 nitrogen and oxygen atoms in total. The lowest BCUT2D eigenvalue weighted by Gasteiger charge is -2.50. The average molecular weight is 546 g/mol. The van der Waals surface area contributed by atoms with E-state index in [0.29, 0.717) is 37.7 Å². The molecular formula is C27H36ClN5O3S. The van der Waals surface area contributed by atoms with Gasteiger partial charge in [-0.15, -0.1) is 0 Å². The number of hydrogen-bond acceptors (Lipinski definition) is 5. The number of nitrogens with one attached hydrogen (secondary N) is 1. The normalized spacial score (nSPS) is 31.9. The summed E-state index contributed by atoms with van der Waals surface area (Å²) in [6.45, 7) is 3.35. The van der Waals surface area contributed by atoms with Crippen LogP contribution in [0.4, 0.5) is 5.69 Å². The molecular weight excluding hydrogens is 510 g/mol. The third-order valence-corrected chi connectivity index (χ3v) is 12.1. The molecule has 3 aliphatic heterocycles. The van der Waals surface area contributed by atoms with E-state index in [1.807, 2.05) is 18.3 Å². The number of hydrogen-bond donors (Lipinski definition) is 1. The number of imidazole rings is 1. The first-order valence-electron chi connectivity index (χ1n) is 13.8. The SMILES string of the molecule is O=S(=O)(N1CCC2(CCCO2)CC1)N1Cc2cc(Cl)ccc2N(Cc2cnc[nH]2)C(C23CCC(C2)C3)C1. The molecule has 0 radical (unpaired) electrons. The fourth-order valence-electron chi connectivity index (χ4n) is 7.99. The van der Waals surface area contributed by atoms with Crippen molar-refractivity contribution < 1.29 is 13.2 Å². The van der Waals surface area contributed by atoms with E-state index in [-0.39, 0.29) is 17.1 Å². The van der Waals surface area contributed by atoms with E-state index in [4.69, 9.17) is 16.3 Å². The van der Waals surface area contributed by atoms with Crippen molar-refractivity contribution in [3.05, 3.63) is 47.0 Å². The predicted octanol–water partition coefficient (Wildman–Crippen LogP) is 4.33. The lowest BCUT2D eigenvalue weighted by atomic mass is 9.64. The quantitative estimate of drug-likeness (QED) is 0.604. The zero-order chi connectivity index (χ0) is 25.3. The molecule has 0 amide bonds. The molecule has 8 rings (SSSR count). The molecule has 1 aromatic heterocycles. The van der Waals surface area contributed by atoms with E-state index in [0.717, 1.165) is 55.2 Å². The van der Waals surface area contributed by atoms with Crippen molar-refractivity contribution in [1.82, 2.24) is 18.6 Å². The molecule has 3 saturated carbocycles. The molecule has 1 spiro atoms. The molecule has 3 aliphatic carbocycles. The molecule has 1 aromatic carbocycles. The van der Waals surface area contributed by atoms with Gasteiger partial charge in [0.25, 0.3) is 10.2 Å². The standard InChI is InChI=1S/C27H36ClN5O3S/c28-22-2-3-24-21(12-22)16-32(37(34,35)31-9-7-27(8-10-31)5-1-11-36-27)18-25(26-6-4-20(13-26)14-26)33(24)17-23-15-29-19-30-23/h2-3,12,15,19-20,25H,1,4-11,13-14,16-18H2,(H,29,30). The second-order valence-electron chi connectivity index (χ2n) is 12.0. The minimum absolute atomic E-state index is 0.0982. The van der Waals surface area contributed by atoms with Crippen LogP contribution < -0.4 is 4.90 Å². The number of benzene rings is 1. The number of fused-ring (bicyclic) bond motifs is 2. The van der Waals surface area contributed by atoms with Crippen LogP contribution in [0.3, 0.4) is 0 Å². The number of ether oxygens (including phenoxy) is 1. The van der Waals surface area contributed by atoms with Crippen LogP contribution >= 0.6 is 11.6 Å². The van der Waals surface area contributed by atoms with Gasteiger partial charge < -0.3 is 14.6 Å². The summed E-state index contributed by atoms with van der Waals surface area (Å²) in [7, 11) is -3.65. The summed E-state index contributed by atoms with van der Waals surface area (Å²) in [5.41, 5.74) is 3.13. The van der Waals surface area contributed by atoms with Crippen LogP contribution in [0, 0.1) is 11.3 Å². The minimum Gasteiger partial charge on any atom is -0.375 e. The summed E-state index contributed by atoms with van der Waals surface area (Å²) in [6.07, 6.45) is 12.1. The van der Waals surface area contributed by atoms with Gasteiger partial charge >= 0.3 is 0 Å². The van der Waals surface area contributed by atoms with Crippen molar-refractivity contribution in [2.45, 2.75) is 76.1 Å². The fraction of sp³-hybridized carbons (Fsp3) is 0.667. The second kappa shape index (κ2) is 8.95. The van der Waals surface area contributed by atoms with Crippen LogP contribution in [0.15, 0.2) is 30.7 Å². The Morgan fingerprint density at radius 1 is 1.14 bits per heavy atom. The maximum Gasteiger partial charge on any atom is 0.282 e. The third-order valence-electron chi connectivity index (χ3n) is 9.96. The summed E-state index contributed by atoms with van der Waals surface area (Å²) in [6, 6.07) is 6.07. The topological polar surface area (TPSA) is 81.8 Å². The Labute approximate surface area is 224 Å². The summed E-state index contributed by atoms with van der Waals surface area (Å²) in [5, 5.41) is 0.636. The molecule has 37 heavy (non-hydrogen) atoms. The van der Waals surface area contributed by atoms with Crippen LogP contribution in [-0.4, -0.2) is 64.9 Å². The maximum absolute atomic E-state index is 14.2. The number of piperidine rings is 1. The molecule has 200 valence electrons. The Bertz CT molecular complexity index is 1240. The molecule has 1 N–H and O–H groups in total. The molecule has 2 aromatic rings. The molecule has 1 unspecified atom stereocenters. The Morgan fingerprint density at radius 3 is 2.65 bits per heavy atom. The van der Waals surface area contributed by atoms with E-state index in [1.165, 1.54) is 25.7 Å². The van der Waals surface area contributed by atoms with Crippen LogP contribution in [0.25, 0.3) is 0 Å². The number of rotatable bonds is 5. The summed E-state index contributed by atoms with van der Waals surface area (Å²) in [5.74, 6) is 0.789. The number of anilines is 1. The lowest BCUT2D eigenvalue weighted by Crippen LogP contribution is -2.57. The fourth-order valence-corrected chi connectivity index (χ4v) is 9.79. The van der Waals surface area contributed by atoms with E-state index in [1.54, 1.807) is 14.9 Å². The Hall–Kier alpha value is -1.65. The average Bonchev–Trinajstić information content (AvgIpc) is 3.66. The maximum atomic E-state index is 14.2. The Kier molecular flexibility index (Phi) is 5.90. The van der Waals surface area contributed by atoms with Gasteiger partial charge in [-0.05, 0) is 86.5 Å². The summed E-state index contributed by atoms with van der Waals surface area (Å²) in [4.78, 5) is 9.97. The van der Waals surface area contributed by atoms with Gasteiger partial charge in [-0.25, -0.2) is 4.98 Å². The van der Waals surface area contributed by atoms with Gasteiger partial charge in [0.05, 0.1) is 24.2 Å². The highest BCUT2D eigenvalue weighted by molar-refractivity contribution is 7.86. The zero-order valence-corrected chi connectivity index (χ0v) is 22.8. The lowest BCUT2D eigenvalue weighted by molar-refractivity contribution is -0.0317. The highest BCUT2D eigenvalue weighted by Gasteiger charge is 2.58. The van der Waals surface area contributed by atoms with Gasteiger partial charge in [0, 0.05) is 55.7 Å². The van der Waals surface area contributed by atoms with E-state index < -0.39 is 10.2 Å². The first kappa shape index (κ1) is 24.4. The minimum atomic E-state index is -3.65. The van der Waals surface area contributed by atoms with Gasteiger partial charge in [0.15, 0.2) is 0 Å². The molecule has 1 atom stereocenters. The van der Waals surface area contributed by atoms with E-state index >= 15 is 0 Å². The van der Waals surface area contributed by atoms with E-state index in [9.17, 15) is 8.42 Å². The first-order valence-corrected chi connectivity index (χ1v) is 15.6. The second-order valence-corrected chi connectivity index (χ2v) is 14.4. The number of aromatic amines is 1. The number of aromatic nitrogens is 2. The molecule has 4 heterocycles. The summed E-state index contributed by atoms with van der Waals surface area (Å²) < 4.78 is 38.0. The molecule has 2 bridgehead atoms. The van der Waals surface area contributed by atoms with Crippen LogP contribution in [0.2, 0.25) is 5.02 Å². The third kappa shape index (κ3) is 4.13. The highest BCUT2D eigenvalue weighted by atomic mass is 35.5. The molecule has 10 heteroatoms. The van der Waals surface area contributed by atoms with Gasteiger partial charge in [0.1, 0.15) is 0 Å². The monoisotopic (exact) mass is 545 g/mol. The number of halogens is 1. The van der Waals surface area contributed by atoms with Crippen LogP contribution in [-0.2, 0) is 28.0 Å². The van der Waals surface area contributed by atoms with Crippen molar-refractivity contribution >= 4 is 27.5 Å². The zero-order valence-electron chi connectivity index (χ0n) is 21.2. The van der Waals surface area contributed by atoms with Crippen molar-refractivity contribution in [3.63, 3.8) is 0 Å². The van der Waals surface area contributed by atoms with Crippen LogP contribution in [0.5, 0.6) is 0 Å². The van der Waals surface area contributed by atoms with Crippen LogP contribution in [0.1, 0.15) is 62.6 Å². The smallest absolute Gasteiger partial charge is 0.282 e. The Morgan fingerprint density at radius 2 is 1.97 bits per heavy atom. The van der Waals surface area contributed by atoms with Crippen molar-refractivity contribution in [1.29, 1.82) is 0 Å². The first-order chi connectivity index (χ1) is 17.9. The number of H-pyrrole nitrogens is 1.